The van der Waals surface area contributed by atoms with Gasteiger partial charge in [-0.1, -0.05) is 0 Å². The van der Waals surface area contributed by atoms with Crippen LogP contribution in [0.15, 0.2) is 12.4 Å². The molecule has 7 nitrogen and oxygen atoms in total. The van der Waals surface area contributed by atoms with Gasteiger partial charge in [-0.05, 0) is 20.8 Å². The Labute approximate surface area is 112 Å². The van der Waals surface area contributed by atoms with Gasteiger partial charge >= 0.3 is 6.01 Å². The van der Waals surface area contributed by atoms with Crippen LogP contribution in [0, 0.1) is 0 Å². The van der Waals surface area contributed by atoms with Crippen molar-refractivity contribution in [2.45, 2.75) is 33.4 Å². The zero-order valence-electron chi connectivity index (χ0n) is 11.6. The summed E-state index contributed by atoms with van der Waals surface area (Å²) in [5, 5.41) is 2.90. The fraction of sp³-hybridized carbons (Fsp3) is 0.500. The van der Waals surface area contributed by atoms with E-state index >= 15 is 0 Å². The first-order valence-electron chi connectivity index (χ1n) is 6.26. The highest BCUT2D eigenvalue weighted by Crippen LogP contribution is 2.17. The Balaban J connectivity index is 2.44. The third-order valence-corrected chi connectivity index (χ3v) is 2.44. The van der Waals surface area contributed by atoms with Crippen LogP contribution in [0.25, 0.3) is 11.6 Å². The lowest BCUT2D eigenvalue weighted by Gasteiger charge is -2.10. The highest BCUT2D eigenvalue weighted by molar-refractivity contribution is 5.47. The molecule has 0 aliphatic heterocycles. The van der Waals surface area contributed by atoms with E-state index in [0.717, 1.165) is 6.54 Å². The van der Waals surface area contributed by atoms with Crippen molar-refractivity contribution < 1.29 is 4.74 Å². The lowest BCUT2D eigenvalue weighted by atomic mass is 10.5. The van der Waals surface area contributed by atoms with Crippen LogP contribution in [0.1, 0.15) is 20.8 Å². The van der Waals surface area contributed by atoms with Gasteiger partial charge < -0.3 is 14.6 Å². The first-order chi connectivity index (χ1) is 9.13. The first kappa shape index (κ1) is 13.3. The van der Waals surface area contributed by atoms with Crippen molar-refractivity contribution in [1.82, 2.24) is 24.5 Å². The van der Waals surface area contributed by atoms with E-state index in [-0.39, 0.29) is 6.10 Å². The molecule has 7 heteroatoms. The predicted molar refractivity (Wildman–Crippen MR) is 72.0 cm³/mol. The Morgan fingerprint density at radius 3 is 2.74 bits per heavy atom. The van der Waals surface area contributed by atoms with E-state index in [2.05, 4.69) is 25.3 Å². The Kier molecular flexibility index (Phi) is 3.94. The third-order valence-electron chi connectivity index (χ3n) is 2.44. The fourth-order valence-electron chi connectivity index (χ4n) is 1.60. The molecule has 0 spiro atoms. The number of imidazole rings is 1. The first-order valence-corrected chi connectivity index (χ1v) is 6.26. The lowest BCUT2D eigenvalue weighted by molar-refractivity contribution is 0.222. The summed E-state index contributed by atoms with van der Waals surface area (Å²) >= 11 is 0. The van der Waals surface area contributed by atoms with E-state index in [0.29, 0.717) is 23.6 Å². The van der Waals surface area contributed by atoms with E-state index in [9.17, 15) is 0 Å². The van der Waals surface area contributed by atoms with E-state index < -0.39 is 0 Å². The van der Waals surface area contributed by atoms with Crippen molar-refractivity contribution >= 4 is 5.95 Å². The number of anilines is 1. The Morgan fingerprint density at radius 2 is 2.11 bits per heavy atom. The van der Waals surface area contributed by atoms with Gasteiger partial charge in [0.05, 0.1) is 6.10 Å². The number of aromatic nitrogens is 5. The monoisotopic (exact) mass is 262 g/mol. The maximum absolute atomic E-state index is 5.53. The van der Waals surface area contributed by atoms with Gasteiger partial charge in [0.2, 0.25) is 11.8 Å². The SMILES string of the molecule is CCn1ccnc1-c1nc(NC)nc(OC(C)C)n1. The zero-order valence-corrected chi connectivity index (χ0v) is 11.6. The van der Waals surface area contributed by atoms with Gasteiger partial charge in [-0.15, -0.1) is 0 Å². The van der Waals surface area contributed by atoms with Gasteiger partial charge in [-0.2, -0.15) is 15.0 Å². The van der Waals surface area contributed by atoms with Gasteiger partial charge in [0.25, 0.3) is 0 Å². The van der Waals surface area contributed by atoms with E-state index in [1.54, 1.807) is 13.2 Å². The second-order valence-corrected chi connectivity index (χ2v) is 4.22. The van der Waals surface area contributed by atoms with Crippen LogP contribution in [-0.4, -0.2) is 37.7 Å². The second-order valence-electron chi connectivity index (χ2n) is 4.22. The third kappa shape index (κ3) is 2.98. The van der Waals surface area contributed by atoms with E-state index in [1.807, 2.05) is 31.5 Å². The summed E-state index contributed by atoms with van der Waals surface area (Å²) in [5.74, 6) is 1.67. The molecular formula is C12H18N6O. The number of rotatable bonds is 5. The minimum absolute atomic E-state index is 0.00544. The molecule has 0 atom stereocenters. The molecule has 0 aliphatic carbocycles. The summed E-state index contributed by atoms with van der Waals surface area (Å²) in [6.45, 7) is 6.69. The Bertz CT molecular complexity index is 551. The van der Waals surface area contributed by atoms with Crippen LogP contribution in [0.5, 0.6) is 6.01 Å². The maximum atomic E-state index is 5.53. The molecule has 102 valence electrons. The molecule has 0 aliphatic rings. The van der Waals surface area contributed by atoms with Gasteiger partial charge in [0, 0.05) is 26.0 Å². The highest BCUT2D eigenvalue weighted by atomic mass is 16.5. The van der Waals surface area contributed by atoms with Gasteiger partial charge in [0.1, 0.15) is 0 Å². The predicted octanol–water partition coefficient (Wildman–Crippen LogP) is 1.58. The van der Waals surface area contributed by atoms with Crippen LogP contribution in [0.2, 0.25) is 0 Å². The molecule has 0 aromatic carbocycles. The molecule has 0 saturated carbocycles. The summed E-state index contributed by atoms with van der Waals surface area (Å²) in [6.07, 6.45) is 3.62. The van der Waals surface area contributed by atoms with Crippen molar-refractivity contribution in [2.75, 3.05) is 12.4 Å². The number of nitrogens with zero attached hydrogens (tertiary/aromatic N) is 5. The normalized spacial score (nSPS) is 10.8. The highest BCUT2D eigenvalue weighted by Gasteiger charge is 2.13. The van der Waals surface area contributed by atoms with Crippen molar-refractivity contribution in [1.29, 1.82) is 0 Å². The Hall–Kier alpha value is -2.18. The van der Waals surface area contributed by atoms with Crippen LogP contribution in [0.3, 0.4) is 0 Å². The molecule has 2 aromatic rings. The summed E-state index contributed by atoms with van der Waals surface area (Å²) in [6, 6.07) is 0.301. The number of hydrogen-bond acceptors (Lipinski definition) is 6. The van der Waals surface area contributed by atoms with Crippen LogP contribution < -0.4 is 10.1 Å². The van der Waals surface area contributed by atoms with Crippen molar-refractivity contribution in [3.8, 4) is 17.7 Å². The van der Waals surface area contributed by atoms with Gasteiger partial charge in [-0.3, -0.25) is 0 Å². The van der Waals surface area contributed by atoms with Crippen molar-refractivity contribution in [3.63, 3.8) is 0 Å². The second kappa shape index (κ2) is 5.64. The molecular weight excluding hydrogens is 244 g/mol. The smallest absolute Gasteiger partial charge is 0.322 e. The minimum atomic E-state index is 0.00544. The lowest BCUT2D eigenvalue weighted by Crippen LogP contribution is -2.12. The minimum Gasteiger partial charge on any atom is -0.461 e. The van der Waals surface area contributed by atoms with Crippen molar-refractivity contribution in [2.24, 2.45) is 0 Å². The molecule has 0 bridgehead atoms. The standard InChI is InChI=1S/C12H18N6O/c1-5-18-7-6-14-10(18)9-15-11(13-4)17-12(16-9)19-8(2)3/h6-8H,5H2,1-4H3,(H,13,15,16,17). The molecule has 2 rings (SSSR count). The fourth-order valence-corrected chi connectivity index (χ4v) is 1.60. The molecule has 0 amide bonds. The van der Waals surface area contributed by atoms with Crippen LogP contribution in [0.4, 0.5) is 5.95 Å². The number of aryl methyl sites for hydroxylation is 1. The van der Waals surface area contributed by atoms with Crippen LogP contribution >= 0.6 is 0 Å². The summed E-state index contributed by atoms with van der Waals surface area (Å²) in [7, 11) is 1.75. The van der Waals surface area contributed by atoms with E-state index in [1.165, 1.54) is 0 Å². The van der Waals surface area contributed by atoms with Gasteiger partial charge in [0.15, 0.2) is 5.82 Å². The molecule has 2 aromatic heterocycles. The van der Waals surface area contributed by atoms with E-state index in [4.69, 9.17) is 4.74 Å². The molecule has 0 radical (unpaired) electrons. The van der Waals surface area contributed by atoms with Crippen LogP contribution in [-0.2, 0) is 6.54 Å². The topological polar surface area (TPSA) is 77.8 Å². The zero-order chi connectivity index (χ0) is 13.8. The Morgan fingerprint density at radius 1 is 1.32 bits per heavy atom. The summed E-state index contributed by atoms with van der Waals surface area (Å²) < 4.78 is 7.50. The number of hydrogen-bond donors (Lipinski definition) is 1. The number of nitrogens with one attached hydrogen (secondary N) is 1. The molecule has 19 heavy (non-hydrogen) atoms. The average molecular weight is 262 g/mol. The molecule has 0 unspecified atom stereocenters. The quantitative estimate of drug-likeness (QED) is 0.881. The molecule has 1 N–H and O–H groups in total. The average Bonchev–Trinajstić information content (AvgIpc) is 2.85. The maximum Gasteiger partial charge on any atom is 0.322 e. The summed E-state index contributed by atoms with van der Waals surface area (Å²) in [4.78, 5) is 17.1. The molecule has 0 saturated heterocycles. The van der Waals surface area contributed by atoms with Gasteiger partial charge in [-0.25, -0.2) is 4.98 Å². The van der Waals surface area contributed by atoms with Crippen molar-refractivity contribution in [3.05, 3.63) is 12.4 Å². The molecule has 2 heterocycles. The number of ether oxygens (including phenoxy) is 1. The summed E-state index contributed by atoms with van der Waals surface area (Å²) in [5.41, 5.74) is 0. The molecule has 0 fully saturated rings. The largest absolute Gasteiger partial charge is 0.461 e.